The van der Waals surface area contributed by atoms with Crippen LogP contribution in [-0.2, 0) is 34.5 Å². The number of fused-ring (bicyclic) bond motifs is 1. The van der Waals surface area contributed by atoms with Gasteiger partial charge in [-0.25, -0.2) is 19.2 Å². The van der Waals surface area contributed by atoms with Crippen LogP contribution >= 0.6 is 7.82 Å². The number of rotatable bonds is 12. The third kappa shape index (κ3) is 8.79. The number of nitrogens with zero attached hydrogens (tertiary/aromatic N) is 7. The third-order valence-corrected chi connectivity index (χ3v) is 9.04. The van der Waals surface area contributed by atoms with E-state index in [2.05, 4.69) is 28.2 Å². The SMILES string of the molecule is C=C/C=C(\C=C)C(=O)N1CCN(C(=O)C(=O)c2cn(COP(=O)(OC(C)(C)C)OC(C)(C)C)c3c(-n4cnc(C)n4)ncc(OC)c23)CC1. The maximum Gasteiger partial charge on any atom is 0.477 e. The van der Waals surface area contributed by atoms with Gasteiger partial charge in [0.05, 0.1) is 35.5 Å². The number of amides is 2. The van der Waals surface area contributed by atoms with Crippen LogP contribution < -0.4 is 4.74 Å². The van der Waals surface area contributed by atoms with Gasteiger partial charge in [-0.3, -0.25) is 28.0 Å². The predicted octanol–water partition coefficient (Wildman–Crippen LogP) is 4.80. The Morgan fingerprint density at radius 3 is 2.04 bits per heavy atom. The Balaban J connectivity index is 1.75. The molecule has 1 saturated heterocycles. The van der Waals surface area contributed by atoms with Crippen LogP contribution in [0.4, 0.5) is 0 Å². The van der Waals surface area contributed by atoms with E-state index in [1.807, 2.05) is 0 Å². The van der Waals surface area contributed by atoms with E-state index in [1.165, 1.54) is 52.1 Å². The number of carbonyl (C=O) groups excluding carboxylic acids is 3. The Morgan fingerprint density at radius 2 is 1.55 bits per heavy atom. The van der Waals surface area contributed by atoms with Gasteiger partial charge >= 0.3 is 7.82 Å². The van der Waals surface area contributed by atoms with Gasteiger partial charge in [0.25, 0.3) is 17.6 Å². The number of phosphoric ester groups is 1. The highest BCUT2D eigenvalue weighted by atomic mass is 31.2. The van der Waals surface area contributed by atoms with Gasteiger partial charge in [0, 0.05) is 37.9 Å². The summed E-state index contributed by atoms with van der Waals surface area (Å²) in [5.41, 5.74) is -1.13. The molecule has 3 aromatic rings. The molecule has 49 heavy (non-hydrogen) atoms. The summed E-state index contributed by atoms with van der Waals surface area (Å²) in [4.78, 5) is 52.4. The summed E-state index contributed by atoms with van der Waals surface area (Å²) in [7, 11) is -2.79. The molecule has 0 bridgehead atoms. The summed E-state index contributed by atoms with van der Waals surface area (Å²) in [6.45, 7) is 19.6. The van der Waals surface area contributed by atoms with Gasteiger partial charge in [-0.2, -0.15) is 5.10 Å². The van der Waals surface area contributed by atoms with E-state index in [4.69, 9.17) is 18.3 Å². The molecule has 4 heterocycles. The zero-order chi connectivity index (χ0) is 36.3. The van der Waals surface area contributed by atoms with Crippen LogP contribution in [-0.4, -0.2) is 96.2 Å². The number of phosphoric acid groups is 1. The average Bonchev–Trinajstić information content (AvgIpc) is 3.63. The molecule has 2 amide bonds. The van der Waals surface area contributed by atoms with Gasteiger partial charge in [-0.1, -0.05) is 31.4 Å². The lowest BCUT2D eigenvalue weighted by atomic mass is 10.1. The first-order valence-electron chi connectivity index (χ1n) is 15.6. The summed E-state index contributed by atoms with van der Waals surface area (Å²) < 4.78 is 39.9. The Labute approximate surface area is 285 Å². The van der Waals surface area contributed by atoms with Gasteiger partial charge in [-0.05, 0) is 48.5 Å². The second kappa shape index (κ2) is 14.6. The number of piperazine rings is 1. The molecule has 16 heteroatoms. The molecule has 1 aliphatic heterocycles. The van der Waals surface area contributed by atoms with E-state index in [-0.39, 0.29) is 54.6 Å². The molecule has 0 spiro atoms. The molecule has 0 radical (unpaired) electrons. The number of ether oxygens (including phenoxy) is 1. The molecule has 0 saturated carbocycles. The molecule has 0 unspecified atom stereocenters. The van der Waals surface area contributed by atoms with Gasteiger partial charge in [0.2, 0.25) is 0 Å². The third-order valence-electron chi connectivity index (χ3n) is 7.07. The van der Waals surface area contributed by atoms with E-state index in [9.17, 15) is 18.9 Å². The van der Waals surface area contributed by atoms with Crippen molar-refractivity contribution in [3.05, 3.63) is 67.1 Å². The number of allylic oxidation sites excluding steroid dienone is 2. The number of Topliss-reactive ketones (excluding diaryl/α,β-unsaturated/α-hetero) is 1. The van der Waals surface area contributed by atoms with Crippen molar-refractivity contribution in [3.8, 4) is 11.6 Å². The predicted molar refractivity (Wildman–Crippen MR) is 182 cm³/mol. The number of aryl methyl sites for hydroxylation is 1. The Kier molecular flexibility index (Phi) is 11.1. The Morgan fingerprint density at radius 1 is 0.959 bits per heavy atom. The summed E-state index contributed by atoms with van der Waals surface area (Å²) in [6.07, 6.45) is 8.80. The highest BCUT2D eigenvalue weighted by Crippen LogP contribution is 2.55. The maximum absolute atomic E-state index is 14.0. The molecule has 4 rings (SSSR count). The van der Waals surface area contributed by atoms with Crippen molar-refractivity contribution in [1.29, 1.82) is 0 Å². The molecular formula is C33H44N7O8P. The monoisotopic (exact) mass is 697 g/mol. The number of pyridine rings is 1. The van der Waals surface area contributed by atoms with Crippen molar-refractivity contribution in [2.45, 2.75) is 66.4 Å². The highest BCUT2D eigenvalue weighted by Gasteiger charge is 2.38. The molecule has 1 aliphatic rings. The van der Waals surface area contributed by atoms with Gasteiger partial charge in [-0.15, -0.1) is 0 Å². The zero-order valence-corrected chi connectivity index (χ0v) is 30.2. The number of hydrogen-bond donors (Lipinski definition) is 0. The zero-order valence-electron chi connectivity index (χ0n) is 29.3. The topological polar surface area (TPSA) is 160 Å². The molecule has 0 atom stereocenters. The molecule has 0 aromatic carbocycles. The first-order chi connectivity index (χ1) is 22.9. The average molecular weight is 698 g/mol. The second-order valence-corrected chi connectivity index (χ2v) is 14.7. The second-order valence-electron chi connectivity index (χ2n) is 13.2. The van der Waals surface area contributed by atoms with Crippen LogP contribution in [0.1, 0.15) is 57.7 Å². The van der Waals surface area contributed by atoms with Crippen LogP contribution in [0, 0.1) is 6.92 Å². The van der Waals surface area contributed by atoms with E-state index in [1.54, 1.807) is 59.4 Å². The van der Waals surface area contributed by atoms with Crippen molar-refractivity contribution in [2.75, 3.05) is 33.3 Å². The fourth-order valence-corrected chi connectivity index (χ4v) is 6.87. The van der Waals surface area contributed by atoms with Gasteiger partial charge < -0.3 is 19.1 Å². The standard InChI is InChI=1S/C33H44N7O8P/c1-11-13-23(12-2)30(42)37-14-16-38(17-15-37)31(43)28(41)24-19-39(21-46-49(44,47-32(4,5)6)48-33(7,8)9)27-26(24)25(45-10)18-34-29(27)40-20-35-22(3)36-40/h11-13,18-20H,1-2,14-17,21H2,3-10H3/b23-13+. The molecule has 0 N–H and O–H groups in total. The molecular weight excluding hydrogens is 653 g/mol. The lowest BCUT2D eigenvalue weighted by molar-refractivity contribution is -0.134. The van der Waals surface area contributed by atoms with Crippen LogP contribution in [0.3, 0.4) is 0 Å². The maximum atomic E-state index is 14.0. The van der Waals surface area contributed by atoms with Crippen molar-refractivity contribution in [3.63, 3.8) is 0 Å². The summed E-state index contributed by atoms with van der Waals surface area (Å²) in [5.74, 6) is -0.933. The van der Waals surface area contributed by atoms with E-state index >= 15 is 0 Å². The van der Waals surface area contributed by atoms with E-state index < -0.39 is 37.4 Å². The van der Waals surface area contributed by atoms with E-state index in [0.717, 1.165) is 0 Å². The minimum Gasteiger partial charge on any atom is -0.494 e. The van der Waals surface area contributed by atoms with Gasteiger partial charge in [0.1, 0.15) is 30.1 Å². The summed E-state index contributed by atoms with van der Waals surface area (Å²) >= 11 is 0. The molecule has 3 aromatic heterocycles. The van der Waals surface area contributed by atoms with Crippen molar-refractivity contribution in [1.82, 2.24) is 34.1 Å². The normalized spacial score (nSPS) is 14.7. The fraction of sp³-hybridized carbons (Fsp3) is 0.455. The minimum absolute atomic E-state index is 0.00869. The van der Waals surface area contributed by atoms with E-state index in [0.29, 0.717) is 16.9 Å². The van der Waals surface area contributed by atoms with Crippen molar-refractivity contribution in [2.24, 2.45) is 0 Å². The number of hydrogen-bond acceptors (Lipinski definition) is 11. The number of carbonyl (C=O) groups is 3. The van der Waals surface area contributed by atoms with Crippen molar-refractivity contribution < 1.29 is 37.3 Å². The number of methoxy groups -OCH3 is 1. The van der Waals surface area contributed by atoms with Crippen LogP contribution in [0.25, 0.3) is 16.7 Å². The molecule has 0 aliphatic carbocycles. The lowest BCUT2D eigenvalue weighted by Crippen LogP contribution is -2.52. The first-order valence-corrected chi connectivity index (χ1v) is 17.0. The Hall–Kier alpha value is -4.43. The molecule has 1 fully saturated rings. The number of aromatic nitrogens is 5. The molecule has 15 nitrogen and oxygen atoms in total. The Bertz CT molecular complexity index is 1820. The van der Waals surface area contributed by atoms with Crippen LogP contribution in [0.5, 0.6) is 5.75 Å². The largest absolute Gasteiger partial charge is 0.494 e. The number of ketones is 1. The minimum atomic E-state index is -4.21. The smallest absolute Gasteiger partial charge is 0.477 e. The fourth-order valence-electron chi connectivity index (χ4n) is 5.12. The summed E-state index contributed by atoms with van der Waals surface area (Å²) in [5, 5.41) is 4.64. The van der Waals surface area contributed by atoms with Crippen LogP contribution in [0.2, 0.25) is 0 Å². The highest BCUT2D eigenvalue weighted by molar-refractivity contribution is 7.48. The lowest BCUT2D eigenvalue weighted by Gasteiger charge is -2.34. The summed E-state index contributed by atoms with van der Waals surface area (Å²) in [6, 6.07) is 0. The van der Waals surface area contributed by atoms with Crippen LogP contribution in [0.15, 0.2) is 55.7 Å². The van der Waals surface area contributed by atoms with Crippen molar-refractivity contribution >= 4 is 36.3 Å². The first kappa shape index (κ1) is 37.4. The quantitative estimate of drug-likeness (QED) is 0.0841. The molecule has 264 valence electrons. The van der Waals surface area contributed by atoms with Gasteiger partial charge in [0.15, 0.2) is 5.82 Å².